The molecule has 0 bridgehead atoms. The summed E-state index contributed by atoms with van der Waals surface area (Å²) < 4.78 is 0. The number of nitrogens with zero attached hydrogens (tertiary/aromatic N) is 1. The topological polar surface area (TPSA) is 45.8 Å². The average Bonchev–Trinajstić information content (AvgIpc) is 2.32. The summed E-state index contributed by atoms with van der Waals surface area (Å²) in [6.07, 6.45) is 1.59. The Morgan fingerprint density at radius 2 is 2.06 bits per heavy atom. The minimum absolute atomic E-state index is 0.311. The third kappa shape index (κ3) is 3.35. The van der Waals surface area contributed by atoms with Crippen LogP contribution in [0.25, 0.3) is 0 Å². The van der Waals surface area contributed by atoms with E-state index in [2.05, 4.69) is 9.97 Å². The van der Waals surface area contributed by atoms with E-state index < -0.39 is 0 Å². The summed E-state index contributed by atoms with van der Waals surface area (Å²) in [6, 6.07) is 7.67. The van der Waals surface area contributed by atoms with Gasteiger partial charge in [-0.2, -0.15) is 0 Å². The number of halogens is 1. The fourth-order valence-corrected chi connectivity index (χ4v) is 2.40. The lowest BCUT2D eigenvalue weighted by Crippen LogP contribution is -2.10. The number of hydrogen-bond acceptors (Lipinski definition) is 3. The SMILES string of the molecule is Cc1cnc(=O)[nH]c1SCc1ccc(Cl)cc1. The van der Waals surface area contributed by atoms with Crippen LogP contribution in [0.5, 0.6) is 0 Å². The zero-order chi connectivity index (χ0) is 12.3. The number of rotatable bonds is 3. The Labute approximate surface area is 108 Å². The molecule has 1 heterocycles. The van der Waals surface area contributed by atoms with E-state index in [-0.39, 0.29) is 5.69 Å². The number of aryl methyl sites for hydroxylation is 1. The van der Waals surface area contributed by atoms with Crippen molar-refractivity contribution in [3.05, 3.63) is 57.1 Å². The molecule has 0 saturated heterocycles. The van der Waals surface area contributed by atoms with Gasteiger partial charge in [0.25, 0.3) is 0 Å². The van der Waals surface area contributed by atoms with Crippen LogP contribution >= 0.6 is 23.4 Å². The predicted molar refractivity (Wildman–Crippen MR) is 70.6 cm³/mol. The van der Waals surface area contributed by atoms with Gasteiger partial charge in [0.15, 0.2) is 0 Å². The Morgan fingerprint density at radius 3 is 2.76 bits per heavy atom. The summed E-state index contributed by atoms with van der Waals surface area (Å²) in [5.74, 6) is 0.790. The highest BCUT2D eigenvalue weighted by atomic mass is 35.5. The molecule has 0 atom stereocenters. The normalized spacial score (nSPS) is 10.5. The van der Waals surface area contributed by atoms with Crippen molar-refractivity contribution in [2.24, 2.45) is 0 Å². The molecule has 2 aromatic rings. The summed E-state index contributed by atoms with van der Waals surface area (Å²) in [5.41, 5.74) is 1.83. The van der Waals surface area contributed by atoms with E-state index >= 15 is 0 Å². The second kappa shape index (κ2) is 5.38. The standard InChI is InChI=1S/C12H11ClN2OS/c1-8-6-14-12(16)15-11(8)17-7-9-2-4-10(13)5-3-9/h2-6H,7H2,1H3,(H,14,15,16). The van der Waals surface area contributed by atoms with Gasteiger partial charge in [-0.1, -0.05) is 23.7 Å². The van der Waals surface area contributed by atoms with E-state index in [4.69, 9.17) is 11.6 Å². The van der Waals surface area contributed by atoms with E-state index in [0.717, 1.165) is 26.9 Å². The highest BCUT2D eigenvalue weighted by molar-refractivity contribution is 7.98. The molecular weight excluding hydrogens is 256 g/mol. The van der Waals surface area contributed by atoms with Gasteiger partial charge in [-0.05, 0) is 30.2 Å². The van der Waals surface area contributed by atoms with Gasteiger partial charge in [-0.15, -0.1) is 11.8 Å². The van der Waals surface area contributed by atoms with Crippen molar-refractivity contribution < 1.29 is 0 Å². The fraction of sp³-hybridized carbons (Fsp3) is 0.167. The number of aromatic nitrogens is 2. The van der Waals surface area contributed by atoms with E-state index in [1.54, 1.807) is 18.0 Å². The van der Waals surface area contributed by atoms with Gasteiger partial charge in [-0.25, -0.2) is 9.78 Å². The van der Waals surface area contributed by atoms with Gasteiger partial charge >= 0.3 is 5.69 Å². The van der Waals surface area contributed by atoms with Crippen LogP contribution in [0.2, 0.25) is 5.02 Å². The zero-order valence-electron chi connectivity index (χ0n) is 9.24. The van der Waals surface area contributed by atoms with Crippen molar-refractivity contribution in [1.29, 1.82) is 0 Å². The smallest absolute Gasteiger partial charge is 0.300 e. The predicted octanol–water partition coefficient (Wildman–Crippen LogP) is 3.02. The second-order valence-electron chi connectivity index (χ2n) is 3.62. The van der Waals surface area contributed by atoms with Crippen molar-refractivity contribution in [3.63, 3.8) is 0 Å². The molecule has 2 rings (SSSR count). The Morgan fingerprint density at radius 1 is 1.35 bits per heavy atom. The van der Waals surface area contributed by atoms with Crippen molar-refractivity contribution in [2.75, 3.05) is 0 Å². The first-order valence-corrected chi connectivity index (χ1v) is 6.44. The maximum absolute atomic E-state index is 11.1. The number of nitrogens with one attached hydrogen (secondary N) is 1. The highest BCUT2D eigenvalue weighted by Gasteiger charge is 2.01. The fourth-order valence-electron chi connectivity index (χ4n) is 1.33. The first-order chi connectivity index (χ1) is 8.15. The quantitative estimate of drug-likeness (QED) is 0.686. The minimum Gasteiger partial charge on any atom is -0.300 e. The molecule has 0 aliphatic carbocycles. The van der Waals surface area contributed by atoms with Gasteiger partial charge < -0.3 is 4.98 Å². The van der Waals surface area contributed by atoms with Crippen LogP contribution in [0.1, 0.15) is 11.1 Å². The third-order valence-electron chi connectivity index (χ3n) is 2.25. The maximum atomic E-state index is 11.1. The molecule has 88 valence electrons. The number of benzene rings is 1. The molecule has 0 amide bonds. The monoisotopic (exact) mass is 266 g/mol. The van der Waals surface area contributed by atoms with Crippen LogP contribution in [0, 0.1) is 6.92 Å². The number of hydrogen-bond donors (Lipinski definition) is 1. The van der Waals surface area contributed by atoms with Crippen LogP contribution in [0.3, 0.4) is 0 Å². The molecule has 0 spiro atoms. The third-order valence-corrected chi connectivity index (χ3v) is 3.69. The summed E-state index contributed by atoms with van der Waals surface area (Å²) in [7, 11) is 0. The molecule has 0 radical (unpaired) electrons. The molecular formula is C12H11ClN2OS. The van der Waals surface area contributed by atoms with Gasteiger partial charge in [0.05, 0.1) is 5.03 Å². The molecule has 0 saturated carbocycles. The van der Waals surface area contributed by atoms with Crippen LogP contribution in [-0.4, -0.2) is 9.97 Å². The molecule has 0 aliphatic heterocycles. The van der Waals surface area contributed by atoms with Crippen molar-refractivity contribution >= 4 is 23.4 Å². The molecule has 17 heavy (non-hydrogen) atoms. The van der Waals surface area contributed by atoms with E-state index in [0.29, 0.717) is 0 Å². The summed E-state index contributed by atoms with van der Waals surface area (Å²) >= 11 is 7.39. The molecule has 0 unspecified atom stereocenters. The number of aromatic amines is 1. The zero-order valence-corrected chi connectivity index (χ0v) is 10.8. The highest BCUT2D eigenvalue weighted by Crippen LogP contribution is 2.23. The lowest BCUT2D eigenvalue weighted by Gasteiger charge is -2.04. The van der Waals surface area contributed by atoms with Crippen molar-refractivity contribution in [3.8, 4) is 0 Å². The number of H-pyrrole nitrogens is 1. The molecule has 3 nitrogen and oxygen atoms in total. The van der Waals surface area contributed by atoms with Crippen molar-refractivity contribution in [1.82, 2.24) is 9.97 Å². The summed E-state index contributed by atoms with van der Waals surface area (Å²) in [6.45, 7) is 1.92. The van der Waals surface area contributed by atoms with Gasteiger partial charge in [0, 0.05) is 17.0 Å². The van der Waals surface area contributed by atoms with E-state index in [1.807, 2.05) is 31.2 Å². The molecule has 0 aliphatic rings. The maximum Gasteiger partial charge on any atom is 0.345 e. The molecule has 0 fully saturated rings. The summed E-state index contributed by atoms with van der Waals surface area (Å²) in [5, 5.41) is 1.59. The number of thioether (sulfide) groups is 1. The van der Waals surface area contributed by atoms with Gasteiger partial charge in [-0.3, -0.25) is 0 Å². The Kier molecular flexibility index (Phi) is 3.86. The lowest BCUT2D eigenvalue weighted by atomic mass is 10.2. The van der Waals surface area contributed by atoms with E-state index in [9.17, 15) is 4.79 Å². The van der Waals surface area contributed by atoms with Crippen molar-refractivity contribution in [2.45, 2.75) is 17.7 Å². The Bertz CT molecular complexity index is 565. The van der Waals surface area contributed by atoms with Gasteiger partial charge in [0.2, 0.25) is 0 Å². The second-order valence-corrected chi connectivity index (χ2v) is 5.04. The van der Waals surface area contributed by atoms with Crippen LogP contribution < -0.4 is 5.69 Å². The largest absolute Gasteiger partial charge is 0.345 e. The molecule has 1 N–H and O–H groups in total. The summed E-state index contributed by atoms with van der Waals surface area (Å²) in [4.78, 5) is 17.5. The van der Waals surface area contributed by atoms with E-state index in [1.165, 1.54) is 0 Å². The lowest BCUT2D eigenvalue weighted by molar-refractivity contribution is 0.946. The molecule has 1 aromatic carbocycles. The average molecular weight is 267 g/mol. The van der Waals surface area contributed by atoms with Crippen LogP contribution in [0.15, 0.2) is 40.3 Å². The van der Waals surface area contributed by atoms with Crippen LogP contribution in [0.4, 0.5) is 0 Å². The Balaban J connectivity index is 2.09. The minimum atomic E-state index is -0.311. The molecule has 1 aromatic heterocycles. The van der Waals surface area contributed by atoms with Crippen LogP contribution in [-0.2, 0) is 5.75 Å². The Hall–Kier alpha value is -1.26. The first kappa shape index (κ1) is 12.2. The first-order valence-electron chi connectivity index (χ1n) is 5.08. The van der Waals surface area contributed by atoms with Gasteiger partial charge in [0.1, 0.15) is 0 Å². The molecule has 5 heteroatoms.